The number of halogens is 4. The Bertz CT molecular complexity index is 1900. The highest BCUT2D eigenvalue weighted by molar-refractivity contribution is 7.81. The van der Waals surface area contributed by atoms with E-state index >= 15 is 0 Å². The van der Waals surface area contributed by atoms with Crippen LogP contribution in [-0.2, 0) is 35.5 Å². The molecule has 4 aliphatic rings. The maximum absolute atomic E-state index is 13.7. The minimum absolute atomic E-state index is 0. The molecule has 6 rings (SSSR count). The van der Waals surface area contributed by atoms with Gasteiger partial charge >= 0.3 is 6.18 Å². The molecule has 1 aliphatic carbocycles. The van der Waals surface area contributed by atoms with Crippen molar-refractivity contribution in [3.63, 3.8) is 0 Å². The van der Waals surface area contributed by atoms with Crippen molar-refractivity contribution < 1.29 is 37.1 Å². The molecular weight excluding hydrogens is 797 g/mol. The number of imide groups is 1. The van der Waals surface area contributed by atoms with Gasteiger partial charge in [-0.1, -0.05) is 6.07 Å². The van der Waals surface area contributed by atoms with Gasteiger partial charge in [-0.15, -0.1) is 25.0 Å². The second-order valence-electron chi connectivity index (χ2n) is 16.4. The van der Waals surface area contributed by atoms with E-state index in [1.807, 2.05) is 4.90 Å². The van der Waals surface area contributed by atoms with E-state index in [2.05, 4.69) is 39.3 Å². The molecule has 2 N–H and O–H groups in total. The van der Waals surface area contributed by atoms with Crippen LogP contribution in [0.2, 0.25) is 0 Å². The molecule has 3 saturated heterocycles. The van der Waals surface area contributed by atoms with E-state index in [9.17, 15) is 37.6 Å². The van der Waals surface area contributed by atoms with Gasteiger partial charge in [0.25, 0.3) is 0 Å². The van der Waals surface area contributed by atoms with Crippen LogP contribution in [0.5, 0.6) is 0 Å². The van der Waals surface area contributed by atoms with Crippen LogP contribution >= 0.6 is 25.0 Å². The highest BCUT2D eigenvalue weighted by Gasteiger charge is 2.54. The second-order valence-corrected chi connectivity index (χ2v) is 16.9. The van der Waals surface area contributed by atoms with Crippen LogP contribution in [-0.4, -0.2) is 111 Å². The van der Waals surface area contributed by atoms with E-state index in [4.69, 9.17) is 17.4 Å². The zero-order valence-corrected chi connectivity index (χ0v) is 35.1. The Hall–Kier alpha value is -3.79. The molecule has 4 atom stereocenters. The van der Waals surface area contributed by atoms with Crippen molar-refractivity contribution >= 4 is 60.2 Å². The molecule has 1 aromatic carbocycles. The van der Waals surface area contributed by atoms with Crippen molar-refractivity contribution in [1.82, 2.24) is 25.0 Å². The van der Waals surface area contributed by atoms with Crippen LogP contribution in [0.3, 0.4) is 0 Å². The molecule has 0 radical (unpaired) electrons. The molecule has 0 bridgehead atoms. The van der Waals surface area contributed by atoms with E-state index < -0.39 is 33.8 Å². The number of rotatable bonds is 10. The van der Waals surface area contributed by atoms with Gasteiger partial charge in [-0.25, -0.2) is 4.98 Å². The molecule has 4 fully saturated rings. The zero-order chi connectivity index (χ0) is 41.4. The van der Waals surface area contributed by atoms with E-state index in [1.165, 1.54) is 11.0 Å². The fourth-order valence-corrected chi connectivity index (χ4v) is 9.57. The number of amides is 4. The number of alkyl halides is 3. The summed E-state index contributed by atoms with van der Waals surface area (Å²) in [5.41, 5.74) is -3.50. The summed E-state index contributed by atoms with van der Waals surface area (Å²) in [6, 6.07) is 8.54. The summed E-state index contributed by atoms with van der Waals surface area (Å²) in [6.07, 6.45) is 0.529. The Morgan fingerprint density at radius 1 is 1.07 bits per heavy atom. The van der Waals surface area contributed by atoms with Crippen molar-refractivity contribution in [2.45, 2.75) is 120 Å². The maximum Gasteiger partial charge on any atom is 0.417 e. The van der Waals surface area contributed by atoms with Crippen LogP contribution in [0.1, 0.15) is 89.8 Å². The number of piperidine rings is 1. The summed E-state index contributed by atoms with van der Waals surface area (Å²) in [7, 11) is 0. The Morgan fingerprint density at radius 2 is 1.74 bits per heavy atom. The third kappa shape index (κ3) is 9.32. The third-order valence-corrected chi connectivity index (χ3v) is 12.6. The largest absolute Gasteiger partial charge is 0.417 e. The predicted molar refractivity (Wildman–Crippen MR) is 216 cm³/mol. The summed E-state index contributed by atoms with van der Waals surface area (Å²) in [5.74, 6) is -0.780. The minimum atomic E-state index is -4.75. The van der Waals surface area contributed by atoms with Crippen molar-refractivity contribution in [3.8, 4) is 6.07 Å². The molecule has 0 spiro atoms. The number of nitriles is 1. The predicted octanol–water partition coefficient (Wildman–Crippen LogP) is 5.09. The number of aromatic nitrogens is 1. The normalized spacial score (nSPS) is 28.4. The number of ether oxygens (including phenoxy) is 1. The van der Waals surface area contributed by atoms with E-state index in [0.717, 1.165) is 57.5 Å². The number of anilines is 2. The van der Waals surface area contributed by atoms with Gasteiger partial charge in [0.2, 0.25) is 23.6 Å². The average Bonchev–Trinajstić information content (AvgIpc) is 3.33. The van der Waals surface area contributed by atoms with Crippen molar-refractivity contribution in [3.05, 3.63) is 53.2 Å². The number of hydrogen-bond acceptors (Lipinski definition) is 11. The maximum atomic E-state index is 13.7. The first-order chi connectivity index (χ1) is 26.8. The average molecular weight is 849 g/mol. The molecule has 18 heteroatoms. The van der Waals surface area contributed by atoms with Crippen LogP contribution < -0.4 is 15.5 Å². The lowest BCUT2D eigenvalue weighted by Crippen LogP contribution is -2.58. The minimum Gasteiger partial charge on any atom is -0.377 e. The Morgan fingerprint density at radius 3 is 2.33 bits per heavy atom. The summed E-state index contributed by atoms with van der Waals surface area (Å²) in [5, 5.41) is 14.5. The van der Waals surface area contributed by atoms with Gasteiger partial charge in [0, 0.05) is 56.1 Å². The second kappa shape index (κ2) is 17.8. The fraction of sp³-hybridized carbons (Fsp3) is 0.600. The molecule has 1 aromatic heterocycles. The van der Waals surface area contributed by atoms with E-state index in [0.29, 0.717) is 24.4 Å². The molecule has 2 aromatic rings. The lowest BCUT2D eigenvalue weighted by atomic mass is 9.76. The van der Waals surface area contributed by atoms with E-state index in [-0.39, 0.29) is 78.9 Å². The number of carbonyl (C=O) groups excluding carboxylic acids is 4. The molecule has 3 aliphatic heterocycles. The Labute approximate surface area is 348 Å². The highest BCUT2D eigenvalue weighted by Crippen LogP contribution is 2.43. The van der Waals surface area contributed by atoms with Gasteiger partial charge in [0.05, 0.1) is 47.4 Å². The number of nitrogens with one attached hydrogen (secondary N) is 2. The van der Waals surface area contributed by atoms with Crippen LogP contribution in [0.15, 0.2) is 36.5 Å². The molecule has 316 valence electrons. The molecule has 13 nitrogen and oxygen atoms in total. The van der Waals surface area contributed by atoms with Gasteiger partial charge in [0.15, 0.2) is 0 Å². The fourth-order valence-electron chi connectivity index (χ4n) is 8.85. The number of carbonyl (C=O) groups is 4. The van der Waals surface area contributed by atoms with E-state index in [1.54, 1.807) is 45.2 Å². The lowest BCUT2D eigenvalue weighted by molar-refractivity contribution is -0.138. The molecule has 58 heavy (non-hydrogen) atoms. The summed E-state index contributed by atoms with van der Waals surface area (Å²) in [4.78, 5) is 63.0. The molecular formula is C40H52ClF3N8O5S. The molecule has 2 unspecified atom stereocenters. The Kier molecular flexibility index (Phi) is 13.9. The first-order valence-corrected chi connectivity index (χ1v) is 20.0. The Balaban J connectivity index is 0.00000641. The topological polar surface area (TPSA) is 151 Å². The first-order valence-electron chi connectivity index (χ1n) is 19.5. The zero-order valence-electron chi connectivity index (χ0n) is 33.3. The molecule has 4 heterocycles. The van der Waals surface area contributed by atoms with Crippen molar-refractivity contribution in [2.75, 3.05) is 43.0 Å². The van der Waals surface area contributed by atoms with Crippen molar-refractivity contribution in [2.24, 2.45) is 0 Å². The van der Waals surface area contributed by atoms with Gasteiger partial charge < -0.3 is 10.1 Å². The monoisotopic (exact) mass is 848 g/mol. The summed E-state index contributed by atoms with van der Waals surface area (Å²) < 4.78 is 47.6. The van der Waals surface area contributed by atoms with Gasteiger partial charge in [-0.3, -0.25) is 44.1 Å². The molecule has 4 amide bonds. The highest BCUT2D eigenvalue weighted by atomic mass is 35.5. The smallest absolute Gasteiger partial charge is 0.377 e. The number of nitrogens with zero attached hydrogens (tertiary/aromatic N) is 6. The van der Waals surface area contributed by atoms with Crippen LogP contribution in [0.25, 0.3) is 0 Å². The quantitative estimate of drug-likeness (QED) is 0.218. The first kappa shape index (κ1) is 45.3. The number of hydrogen-bond donors (Lipinski definition) is 3. The third-order valence-electron chi connectivity index (χ3n) is 12.2. The number of benzene rings is 1. The van der Waals surface area contributed by atoms with Crippen LogP contribution in [0.4, 0.5) is 24.7 Å². The van der Waals surface area contributed by atoms with Crippen molar-refractivity contribution in [1.29, 1.82) is 5.26 Å². The van der Waals surface area contributed by atoms with Crippen LogP contribution in [0, 0.1) is 11.3 Å². The molecule has 1 saturated carbocycles. The SMILES string of the molecule is C[C@@H]1CN(CCOC2CCC(N3C(S)N(c4ccc(C#N)c(C(F)(F)F)c4)C(=O)C3(C)C)CC2)C[C@H](C)N1CC(=O)Nc1ccc(C2(C)CCC(=O)NC2=O)cn1.Cl. The lowest BCUT2D eigenvalue weighted by Gasteiger charge is -2.44. The number of pyridine rings is 1. The number of piperazine rings is 1. The van der Waals surface area contributed by atoms with Gasteiger partial charge in [0.1, 0.15) is 11.3 Å². The summed E-state index contributed by atoms with van der Waals surface area (Å²) in [6.45, 7) is 12.5. The van der Waals surface area contributed by atoms with Gasteiger partial charge in [-0.2, -0.15) is 18.4 Å². The number of thiol groups is 1. The standard InChI is InChI=1S/C40H51F3N8O5S.ClH/c1-24-21-48(22-25(2)49(24)23-34(53)46-32-13-7-27(20-45-32)39(5)15-14-33(52)47-35(39)54)16-17-56-30-11-9-28(10-12-30)51-37(57)50(36(55)38(51,3)4)29-8-6-26(19-44)31(18-29)40(41,42)43;/h6-8,13,18,20,24-25,28,30,37,57H,9-12,14-17,21-23H2,1-5H3,(H,45,46,53)(H,47,52,54);1H/t24-,25+,28?,30?,37?,39?;. The summed E-state index contributed by atoms with van der Waals surface area (Å²) >= 11 is 4.76. The van der Waals surface area contributed by atoms with Gasteiger partial charge in [-0.05, 0) is 96.6 Å².